The molecule has 32 heavy (non-hydrogen) atoms. The van der Waals surface area contributed by atoms with Gasteiger partial charge in [-0.1, -0.05) is 53.7 Å². The molecule has 2 atom stereocenters. The van der Waals surface area contributed by atoms with Crippen LogP contribution >= 0.6 is 0 Å². The Balaban J connectivity index is 0.00000227. The van der Waals surface area contributed by atoms with Crippen molar-refractivity contribution in [2.24, 2.45) is 11.8 Å². The number of carbonyl (C=O) groups excluding carboxylic acids is 3. The van der Waals surface area contributed by atoms with E-state index in [0.717, 1.165) is 19.1 Å². The number of hydrogen-bond acceptors (Lipinski definition) is 5. The second-order valence-electron chi connectivity index (χ2n) is 8.61. The van der Waals surface area contributed by atoms with Gasteiger partial charge in [0, 0.05) is 12.7 Å². The summed E-state index contributed by atoms with van der Waals surface area (Å²) in [5.74, 6) is -0.0473. The Bertz CT molecular complexity index is 727. The quantitative estimate of drug-likeness (QED) is 0.475. The topological polar surface area (TPSA) is 108 Å². The zero-order chi connectivity index (χ0) is 24.9. The van der Waals surface area contributed by atoms with Gasteiger partial charge in [-0.25, -0.2) is 0 Å². The number of amides is 2. The number of carbonyl (C=O) groups is 3. The highest BCUT2D eigenvalue weighted by Crippen LogP contribution is 2.29. The van der Waals surface area contributed by atoms with Crippen molar-refractivity contribution in [1.82, 2.24) is 10.6 Å². The third kappa shape index (κ3) is 10.4. The summed E-state index contributed by atoms with van der Waals surface area (Å²) in [5, 5.41) is 12.4. The maximum absolute atomic E-state index is 12.6. The van der Waals surface area contributed by atoms with E-state index in [9.17, 15) is 14.4 Å². The Morgan fingerprint density at radius 3 is 2.19 bits per heavy atom. The molecular formula is C25H42N2O5. The van der Waals surface area contributed by atoms with E-state index in [1.54, 1.807) is 13.0 Å². The number of rotatable bonds is 10. The molecule has 1 fully saturated rings. The fourth-order valence-corrected chi connectivity index (χ4v) is 3.14. The Labute approximate surface area is 193 Å². The monoisotopic (exact) mass is 450 g/mol. The molecule has 1 aromatic rings. The third-order valence-electron chi connectivity index (χ3n) is 4.70. The first-order valence-corrected chi connectivity index (χ1v) is 11.4. The largest absolute Gasteiger partial charge is 0.400 e. The fraction of sp³-hybridized carbons (Fsp3) is 0.640. The summed E-state index contributed by atoms with van der Waals surface area (Å²) >= 11 is 0. The summed E-state index contributed by atoms with van der Waals surface area (Å²) in [5.41, 5.74) is 0.833. The molecule has 3 N–H and O–H groups in total. The molecule has 0 radical (unpaired) electrons. The van der Waals surface area contributed by atoms with Gasteiger partial charge in [0.05, 0.1) is 19.2 Å². The molecule has 1 heterocycles. The number of nitrogens with one attached hydrogen (secondary N) is 2. The fourth-order valence-electron chi connectivity index (χ4n) is 3.14. The van der Waals surface area contributed by atoms with Crippen LogP contribution in [0.15, 0.2) is 24.3 Å². The van der Waals surface area contributed by atoms with E-state index in [1.807, 2.05) is 45.9 Å². The standard InChI is InChI=1S/C22H32N2O4.C2H6.CH4O/c1-14(2)9-16-7-6-8-17(11-16)21(27)23-12-19(25)24-18(10-15(3)4)20(26)22(5)13-28-22;2*1-2/h6-8,11,14-15,18H,9-10,12-13H2,1-5H3,(H,23,27)(H,24,25);1-2H3;2H,1H3. The van der Waals surface area contributed by atoms with Gasteiger partial charge in [-0.05, 0) is 49.3 Å². The first-order chi connectivity index (χ1) is 15.1. The SMILES string of the molecule is CC.CC(C)Cc1cccc(C(=O)NCC(=O)NC(CC(C)C)C(=O)C2(C)CO2)c1.CO. The smallest absolute Gasteiger partial charge is 0.251 e. The molecule has 2 amide bonds. The van der Waals surface area contributed by atoms with Gasteiger partial charge in [0.1, 0.15) is 5.60 Å². The normalized spacial score (nSPS) is 17.3. The van der Waals surface area contributed by atoms with E-state index in [1.165, 1.54) is 0 Å². The number of hydrogen-bond donors (Lipinski definition) is 3. The van der Waals surface area contributed by atoms with Gasteiger partial charge in [-0.3, -0.25) is 14.4 Å². The number of aliphatic hydroxyl groups excluding tert-OH is 1. The van der Waals surface area contributed by atoms with E-state index in [0.29, 0.717) is 24.5 Å². The van der Waals surface area contributed by atoms with Crippen LogP contribution in [-0.4, -0.2) is 54.6 Å². The minimum absolute atomic E-state index is 0.109. The van der Waals surface area contributed by atoms with Crippen LogP contribution in [0.3, 0.4) is 0 Å². The first kappa shape index (κ1) is 29.8. The molecule has 0 saturated carbocycles. The zero-order valence-corrected chi connectivity index (χ0v) is 21.0. The average Bonchev–Trinajstić information content (AvgIpc) is 3.52. The van der Waals surface area contributed by atoms with Crippen molar-refractivity contribution in [2.75, 3.05) is 20.3 Å². The van der Waals surface area contributed by atoms with Crippen molar-refractivity contribution in [1.29, 1.82) is 0 Å². The lowest BCUT2D eigenvalue weighted by molar-refractivity contribution is -0.130. The number of epoxide rings is 1. The Morgan fingerprint density at radius 1 is 1.09 bits per heavy atom. The molecule has 1 aromatic carbocycles. The molecule has 1 saturated heterocycles. The van der Waals surface area contributed by atoms with Crippen molar-refractivity contribution in [3.63, 3.8) is 0 Å². The Hall–Kier alpha value is -2.25. The van der Waals surface area contributed by atoms with Crippen molar-refractivity contribution < 1.29 is 24.2 Å². The van der Waals surface area contributed by atoms with Gasteiger partial charge in [0.15, 0.2) is 5.78 Å². The molecule has 2 unspecified atom stereocenters. The number of aliphatic hydroxyl groups is 1. The lowest BCUT2D eigenvalue weighted by Gasteiger charge is -2.21. The van der Waals surface area contributed by atoms with Crippen LogP contribution in [0.5, 0.6) is 0 Å². The molecule has 0 aliphatic carbocycles. The molecule has 7 heteroatoms. The van der Waals surface area contributed by atoms with Crippen LogP contribution in [0.25, 0.3) is 0 Å². The minimum Gasteiger partial charge on any atom is -0.400 e. The predicted molar refractivity (Wildman–Crippen MR) is 128 cm³/mol. The van der Waals surface area contributed by atoms with Crippen molar-refractivity contribution in [2.45, 2.75) is 73.0 Å². The van der Waals surface area contributed by atoms with Crippen molar-refractivity contribution in [3.8, 4) is 0 Å². The lowest BCUT2D eigenvalue weighted by Crippen LogP contribution is -2.49. The predicted octanol–water partition coefficient (Wildman–Crippen LogP) is 3.14. The molecular weight excluding hydrogens is 408 g/mol. The van der Waals surface area contributed by atoms with Crippen LogP contribution in [0.4, 0.5) is 0 Å². The summed E-state index contributed by atoms with van der Waals surface area (Å²) in [6.07, 6.45) is 1.43. The summed E-state index contributed by atoms with van der Waals surface area (Å²) in [7, 11) is 1.00. The lowest BCUT2D eigenvalue weighted by atomic mass is 9.93. The summed E-state index contributed by atoms with van der Waals surface area (Å²) < 4.78 is 5.23. The van der Waals surface area contributed by atoms with Crippen molar-refractivity contribution in [3.05, 3.63) is 35.4 Å². The van der Waals surface area contributed by atoms with E-state index in [2.05, 4.69) is 24.5 Å². The Kier molecular flexibility index (Phi) is 13.7. The summed E-state index contributed by atoms with van der Waals surface area (Å²) in [6, 6.07) is 6.81. The third-order valence-corrected chi connectivity index (χ3v) is 4.70. The summed E-state index contributed by atoms with van der Waals surface area (Å²) in [4.78, 5) is 37.2. The molecule has 182 valence electrons. The molecule has 0 spiro atoms. The van der Waals surface area contributed by atoms with Crippen LogP contribution in [0.2, 0.25) is 0 Å². The van der Waals surface area contributed by atoms with E-state index in [4.69, 9.17) is 9.84 Å². The van der Waals surface area contributed by atoms with Gasteiger partial charge in [0.25, 0.3) is 5.91 Å². The maximum atomic E-state index is 12.6. The summed E-state index contributed by atoms with van der Waals surface area (Å²) in [6.45, 7) is 14.2. The minimum atomic E-state index is -0.785. The van der Waals surface area contributed by atoms with Crippen LogP contribution in [-0.2, 0) is 20.7 Å². The number of benzene rings is 1. The number of ether oxygens (including phenoxy) is 1. The second kappa shape index (κ2) is 14.7. The average molecular weight is 451 g/mol. The first-order valence-electron chi connectivity index (χ1n) is 11.4. The number of Topliss-reactive ketones (excluding diaryl/α,β-unsaturated/α-hetero) is 1. The van der Waals surface area contributed by atoms with E-state index < -0.39 is 11.6 Å². The van der Waals surface area contributed by atoms with Crippen LogP contribution in [0.1, 0.15) is 70.8 Å². The molecule has 0 aromatic heterocycles. The van der Waals surface area contributed by atoms with Crippen LogP contribution < -0.4 is 10.6 Å². The van der Waals surface area contributed by atoms with Gasteiger partial charge < -0.3 is 20.5 Å². The molecule has 1 aliphatic rings. The highest BCUT2D eigenvalue weighted by atomic mass is 16.6. The van der Waals surface area contributed by atoms with Gasteiger partial charge >= 0.3 is 0 Å². The van der Waals surface area contributed by atoms with E-state index in [-0.39, 0.29) is 30.1 Å². The van der Waals surface area contributed by atoms with E-state index >= 15 is 0 Å². The zero-order valence-electron chi connectivity index (χ0n) is 21.0. The molecule has 7 nitrogen and oxygen atoms in total. The highest BCUT2D eigenvalue weighted by Gasteiger charge is 2.50. The molecule has 0 bridgehead atoms. The van der Waals surface area contributed by atoms with Crippen molar-refractivity contribution >= 4 is 17.6 Å². The van der Waals surface area contributed by atoms with Crippen LogP contribution in [0, 0.1) is 11.8 Å². The number of ketones is 1. The Morgan fingerprint density at radius 2 is 1.69 bits per heavy atom. The molecule has 1 aliphatic heterocycles. The second-order valence-corrected chi connectivity index (χ2v) is 8.61. The highest BCUT2D eigenvalue weighted by molar-refractivity contribution is 5.99. The van der Waals surface area contributed by atoms with Gasteiger partial charge in [-0.15, -0.1) is 0 Å². The van der Waals surface area contributed by atoms with Gasteiger partial charge in [-0.2, -0.15) is 0 Å². The maximum Gasteiger partial charge on any atom is 0.251 e. The van der Waals surface area contributed by atoms with Gasteiger partial charge in [0.2, 0.25) is 5.91 Å². The molecule has 2 rings (SSSR count).